The number of aryl methyl sites for hydroxylation is 2. The number of anilines is 1. The van der Waals surface area contributed by atoms with Crippen LogP contribution >= 0.6 is 0 Å². The number of pyridine rings is 1. The second-order valence-electron chi connectivity index (χ2n) is 8.31. The van der Waals surface area contributed by atoms with Crippen LogP contribution in [0.5, 0.6) is 0 Å². The first-order chi connectivity index (χ1) is 15.6. The van der Waals surface area contributed by atoms with Crippen LogP contribution in [0.15, 0.2) is 48.9 Å². The van der Waals surface area contributed by atoms with Gasteiger partial charge in [-0.05, 0) is 43.9 Å². The van der Waals surface area contributed by atoms with Gasteiger partial charge < -0.3 is 10.3 Å². The Kier molecular flexibility index (Phi) is 4.21. The van der Waals surface area contributed by atoms with Crippen molar-refractivity contribution < 1.29 is 8.78 Å². The van der Waals surface area contributed by atoms with Gasteiger partial charge >= 0.3 is 0 Å². The highest BCUT2D eigenvalue weighted by molar-refractivity contribution is 5.85. The third-order valence-corrected chi connectivity index (χ3v) is 6.17. The van der Waals surface area contributed by atoms with E-state index in [0.29, 0.717) is 22.4 Å². The third-order valence-electron chi connectivity index (χ3n) is 6.17. The molecule has 160 valence electrons. The number of para-hydroxylation sites is 1. The number of nitrogens with one attached hydrogen (secondary N) is 2. The van der Waals surface area contributed by atoms with Gasteiger partial charge in [-0.3, -0.25) is 4.98 Å². The summed E-state index contributed by atoms with van der Waals surface area (Å²) in [5.41, 5.74) is 5.70. The van der Waals surface area contributed by atoms with Crippen molar-refractivity contribution in [3.8, 4) is 11.3 Å². The summed E-state index contributed by atoms with van der Waals surface area (Å²) in [6.45, 7) is 1.94. The number of aromatic amines is 1. The lowest BCUT2D eigenvalue weighted by Crippen LogP contribution is -2.28. The van der Waals surface area contributed by atoms with E-state index in [4.69, 9.17) is 0 Å². The zero-order chi connectivity index (χ0) is 21.8. The number of nitrogens with zero attached hydrogens (tertiary/aromatic N) is 4. The van der Waals surface area contributed by atoms with Gasteiger partial charge in [-0.1, -0.05) is 12.1 Å². The van der Waals surface area contributed by atoms with Gasteiger partial charge in [0.05, 0.1) is 23.6 Å². The van der Waals surface area contributed by atoms with Crippen LogP contribution in [0.25, 0.3) is 27.8 Å². The summed E-state index contributed by atoms with van der Waals surface area (Å²) in [5, 5.41) is 9.03. The third kappa shape index (κ3) is 3.02. The second kappa shape index (κ2) is 7.12. The van der Waals surface area contributed by atoms with Gasteiger partial charge in [0.1, 0.15) is 17.5 Å². The summed E-state index contributed by atoms with van der Waals surface area (Å²) in [7, 11) is 0. The number of hydrogen-bond donors (Lipinski definition) is 2. The fraction of sp³-hybridized carbons (Fsp3) is 0.208. The van der Waals surface area contributed by atoms with Gasteiger partial charge in [-0.25, -0.2) is 13.8 Å². The predicted octanol–water partition coefficient (Wildman–Crippen LogP) is 4.83. The largest absolute Gasteiger partial charge is 0.367 e. The lowest BCUT2D eigenvalue weighted by molar-refractivity contribution is 0.602. The zero-order valence-electron chi connectivity index (χ0n) is 17.4. The summed E-state index contributed by atoms with van der Waals surface area (Å²) < 4.78 is 29.8. The first kappa shape index (κ1) is 18.9. The molecule has 1 aromatic carbocycles. The summed E-state index contributed by atoms with van der Waals surface area (Å²) >= 11 is 0. The van der Waals surface area contributed by atoms with Crippen LogP contribution in [0.1, 0.15) is 23.2 Å². The van der Waals surface area contributed by atoms with E-state index in [1.807, 2.05) is 19.1 Å². The molecule has 0 radical (unpaired) electrons. The summed E-state index contributed by atoms with van der Waals surface area (Å²) in [6, 6.07) is 8.64. The second-order valence-corrected chi connectivity index (χ2v) is 8.31. The SMILES string of the molecule is Cc1cnn2c(N[C@@H]3CCc4[nH]c5c(F)cccc5c4C3)cc(-c3cncc(F)c3)nc12. The van der Waals surface area contributed by atoms with Crippen LogP contribution in [-0.2, 0) is 12.8 Å². The molecule has 1 aliphatic rings. The summed E-state index contributed by atoms with van der Waals surface area (Å²) in [4.78, 5) is 11.9. The molecule has 0 aliphatic heterocycles. The van der Waals surface area contributed by atoms with Gasteiger partial charge in [0.2, 0.25) is 0 Å². The molecule has 0 unspecified atom stereocenters. The Morgan fingerprint density at radius 1 is 1.16 bits per heavy atom. The Balaban J connectivity index is 1.39. The highest BCUT2D eigenvalue weighted by Crippen LogP contribution is 2.32. The summed E-state index contributed by atoms with van der Waals surface area (Å²) in [6.07, 6.45) is 7.03. The van der Waals surface area contributed by atoms with E-state index < -0.39 is 5.82 Å². The van der Waals surface area contributed by atoms with Crippen molar-refractivity contribution in [2.45, 2.75) is 32.2 Å². The maximum absolute atomic E-state index is 14.2. The molecule has 1 aliphatic carbocycles. The van der Waals surface area contributed by atoms with Crippen molar-refractivity contribution in [3.05, 3.63) is 77.4 Å². The van der Waals surface area contributed by atoms with E-state index >= 15 is 0 Å². The van der Waals surface area contributed by atoms with Crippen LogP contribution in [0.4, 0.5) is 14.6 Å². The minimum absolute atomic E-state index is 0.137. The Hall–Kier alpha value is -3.81. The molecule has 0 bridgehead atoms. The molecule has 0 saturated heterocycles. The maximum Gasteiger partial charge on any atom is 0.160 e. The van der Waals surface area contributed by atoms with E-state index in [0.717, 1.165) is 47.3 Å². The Labute approximate surface area is 182 Å². The standard InChI is InChI=1S/C24H20F2N6/c1-13-10-28-32-22(9-21(31-24(13)32)14-7-15(25)12-27-11-14)29-16-5-6-20-18(8-16)17-3-2-4-19(26)23(17)30-20/h2-4,7,9-12,16,29-30H,5-6,8H2,1H3/t16-/m1/s1. The molecule has 4 heterocycles. The molecule has 0 spiro atoms. The Bertz CT molecular complexity index is 1490. The van der Waals surface area contributed by atoms with Gasteiger partial charge in [-0.15, -0.1) is 0 Å². The van der Waals surface area contributed by atoms with E-state index in [2.05, 4.69) is 25.4 Å². The molecule has 0 amide bonds. The van der Waals surface area contributed by atoms with Gasteiger partial charge in [0.15, 0.2) is 5.65 Å². The average molecular weight is 430 g/mol. The van der Waals surface area contributed by atoms with Crippen LogP contribution in [0, 0.1) is 18.6 Å². The number of benzene rings is 1. The Morgan fingerprint density at radius 2 is 2.06 bits per heavy atom. The van der Waals surface area contributed by atoms with Gasteiger partial charge in [0, 0.05) is 40.5 Å². The fourth-order valence-corrected chi connectivity index (χ4v) is 4.61. The fourth-order valence-electron chi connectivity index (χ4n) is 4.61. The van der Waals surface area contributed by atoms with Crippen LogP contribution in [-0.4, -0.2) is 30.6 Å². The van der Waals surface area contributed by atoms with E-state index in [1.54, 1.807) is 23.0 Å². The summed E-state index contributed by atoms with van der Waals surface area (Å²) in [5.74, 6) is 0.148. The first-order valence-electron chi connectivity index (χ1n) is 10.6. The Morgan fingerprint density at radius 3 is 2.94 bits per heavy atom. The molecular weight excluding hydrogens is 410 g/mol. The van der Waals surface area contributed by atoms with Gasteiger partial charge in [0.25, 0.3) is 0 Å². The maximum atomic E-state index is 14.2. The van der Waals surface area contributed by atoms with Crippen LogP contribution in [0.2, 0.25) is 0 Å². The molecule has 2 N–H and O–H groups in total. The predicted molar refractivity (Wildman–Crippen MR) is 119 cm³/mol. The number of H-pyrrole nitrogens is 1. The average Bonchev–Trinajstić information content (AvgIpc) is 3.35. The highest BCUT2D eigenvalue weighted by Gasteiger charge is 2.24. The van der Waals surface area contributed by atoms with Crippen molar-refractivity contribution >= 4 is 22.4 Å². The number of halogens is 2. The monoisotopic (exact) mass is 430 g/mol. The van der Waals surface area contributed by atoms with Crippen LogP contribution in [0.3, 0.4) is 0 Å². The molecular formula is C24H20F2N6. The molecule has 32 heavy (non-hydrogen) atoms. The number of aromatic nitrogens is 5. The first-order valence-corrected chi connectivity index (χ1v) is 10.6. The minimum Gasteiger partial charge on any atom is -0.367 e. The minimum atomic E-state index is -0.407. The quantitative estimate of drug-likeness (QED) is 0.430. The van der Waals surface area contributed by atoms with Gasteiger partial charge in [-0.2, -0.15) is 9.61 Å². The molecule has 6 rings (SSSR count). The van der Waals surface area contributed by atoms with Crippen molar-refractivity contribution in [2.24, 2.45) is 0 Å². The van der Waals surface area contributed by atoms with Crippen molar-refractivity contribution in [2.75, 3.05) is 5.32 Å². The molecule has 0 fully saturated rings. The number of rotatable bonds is 3. The number of fused-ring (bicyclic) bond motifs is 4. The lowest BCUT2D eigenvalue weighted by Gasteiger charge is -2.25. The normalized spacial score (nSPS) is 15.9. The molecule has 8 heteroatoms. The lowest BCUT2D eigenvalue weighted by atomic mass is 9.91. The molecule has 6 nitrogen and oxygen atoms in total. The molecule has 5 aromatic rings. The van der Waals surface area contributed by atoms with E-state index in [-0.39, 0.29) is 11.9 Å². The smallest absolute Gasteiger partial charge is 0.160 e. The highest BCUT2D eigenvalue weighted by atomic mass is 19.1. The van der Waals surface area contributed by atoms with Crippen molar-refractivity contribution in [3.63, 3.8) is 0 Å². The molecule has 4 aromatic heterocycles. The van der Waals surface area contributed by atoms with Crippen LogP contribution < -0.4 is 5.32 Å². The zero-order valence-corrected chi connectivity index (χ0v) is 17.4. The molecule has 1 atom stereocenters. The van der Waals surface area contributed by atoms with E-state index in [9.17, 15) is 8.78 Å². The van der Waals surface area contributed by atoms with Crippen molar-refractivity contribution in [1.82, 2.24) is 24.6 Å². The van der Waals surface area contributed by atoms with Crippen molar-refractivity contribution in [1.29, 1.82) is 0 Å². The topological polar surface area (TPSA) is 70.9 Å². The molecule has 0 saturated carbocycles. The number of hydrogen-bond acceptors (Lipinski definition) is 4. The van der Waals surface area contributed by atoms with E-state index in [1.165, 1.54) is 18.3 Å².